The summed E-state index contributed by atoms with van der Waals surface area (Å²) in [6.45, 7) is 1.80. The van der Waals surface area contributed by atoms with E-state index in [1.807, 2.05) is 12.1 Å². The van der Waals surface area contributed by atoms with Crippen LogP contribution in [0, 0.1) is 0 Å². The van der Waals surface area contributed by atoms with Crippen molar-refractivity contribution in [2.24, 2.45) is 5.73 Å². The van der Waals surface area contributed by atoms with Crippen LogP contribution in [0.1, 0.15) is 42.3 Å². The number of amides is 1. The van der Waals surface area contributed by atoms with Gasteiger partial charge in [-0.2, -0.15) is 0 Å². The van der Waals surface area contributed by atoms with Gasteiger partial charge in [0, 0.05) is 36.6 Å². The first-order valence-electron chi connectivity index (χ1n) is 8.49. The van der Waals surface area contributed by atoms with E-state index < -0.39 is 0 Å². The molecule has 2 aromatic heterocycles. The molecule has 0 bridgehead atoms. The van der Waals surface area contributed by atoms with Crippen molar-refractivity contribution in [2.45, 2.75) is 38.3 Å². The van der Waals surface area contributed by atoms with E-state index in [1.54, 1.807) is 19.5 Å². The zero-order valence-electron chi connectivity index (χ0n) is 14.4. The van der Waals surface area contributed by atoms with Crippen LogP contribution in [0.25, 0.3) is 0 Å². The molecule has 2 aromatic rings. The number of carbonyl (C=O) groups excluding carboxylic acids is 1. The van der Waals surface area contributed by atoms with Crippen LogP contribution in [-0.4, -0.2) is 39.4 Å². The monoisotopic (exact) mass is 341 g/mol. The van der Waals surface area contributed by atoms with Crippen molar-refractivity contribution in [3.8, 4) is 6.01 Å². The lowest BCUT2D eigenvalue weighted by Crippen LogP contribution is -2.24. The van der Waals surface area contributed by atoms with Gasteiger partial charge in [-0.15, -0.1) is 0 Å². The van der Waals surface area contributed by atoms with Crippen molar-refractivity contribution < 1.29 is 9.53 Å². The molecule has 1 amide bonds. The first-order valence-corrected chi connectivity index (χ1v) is 8.49. The summed E-state index contributed by atoms with van der Waals surface area (Å²) in [6.07, 6.45) is 6.73. The Bertz CT molecular complexity index is 720. The van der Waals surface area contributed by atoms with E-state index in [-0.39, 0.29) is 11.9 Å². The number of aromatic nitrogens is 3. The highest BCUT2D eigenvalue weighted by molar-refractivity contribution is 5.73. The summed E-state index contributed by atoms with van der Waals surface area (Å²) in [6, 6.07) is 6.66. The lowest BCUT2D eigenvalue weighted by atomic mass is 10.1. The smallest absolute Gasteiger partial charge is 0.316 e. The SMILES string of the molecule is COc1ncc(CN2CCCC2c2cccc(CCC(N)=O)n2)cn1. The molecule has 0 radical (unpaired) electrons. The van der Waals surface area contributed by atoms with Gasteiger partial charge < -0.3 is 10.5 Å². The zero-order chi connectivity index (χ0) is 17.6. The molecule has 1 fully saturated rings. The maximum atomic E-state index is 11.0. The van der Waals surface area contributed by atoms with Gasteiger partial charge in [0.05, 0.1) is 18.8 Å². The van der Waals surface area contributed by atoms with Crippen molar-refractivity contribution >= 4 is 5.91 Å². The number of aryl methyl sites for hydroxylation is 1. The van der Waals surface area contributed by atoms with E-state index in [0.29, 0.717) is 18.9 Å². The summed E-state index contributed by atoms with van der Waals surface area (Å²) < 4.78 is 5.00. The van der Waals surface area contributed by atoms with Crippen LogP contribution >= 0.6 is 0 Å². The average Bonchev–Trinajstić information content (AvgIpc) is 3.09. The van der Waals surface area contributed by atoms with Crippen LogP contribution in [0.5, 0.6) is 6.01 Å². The fourth-order valence-corrected chi connectivity index (χ4v) is 3.19. The van der Waals surface area contributed by atoms with Crippen LogP contribution < -0.4 is 10.5 Å². The number of ether oxygens (including phenoxy) is 1. The van der Waals surface area contributed by atoms with Gasteiger partial charge in [-0.1, -0.05) is 6.07 Å². The third-order valence-electron chi connectivity index (χ3n) is 4.41. The number of hydrogen-bond acceptors (Lipinski definition) is 6. The van der Waals surface area contributed by atoms with Gasteiger partial charge in [-0.25, -0.2) is 9.97 Å². The minimum Gasteiger partial charge on any atom is -0.467 e. The van der Waals surface area contributed by atoms with Gasteiger partial charge in [0.2, 0.25) is 5.91 Å². The molecule has 0 saturated carbocycles. The predicted octanol–water partition coefficient (Wildman–Crippen LogP) is 1.64. The summed E-state index contributed by atoms with van der Waals surface area (Å²) >= 11 is 0. The van der Waals surface area contributed by atoms with Gasteiger partial charge in [0.25, 0.3) is 0 Å². The Hall–Kier alpha value is -2.54. The Balaban J connectivity index is 1.70. The molecule has 1 aliphatic rings. The average molecular weight is 341 g/mol. The quantitative estimate of drug-likeness (QED) is 0.823. The second-order valence-corrected chi connectivity index (χ2v) is 6.23. The molecular weight excluding hydrogens is 318 g/mol. The molecule has 7 nitrogen and oxygen atoms in total. The van der Waals surface area contributed by atoms with Crippen molar-refractivity contribution in [2.75, 3.05) is 13.7 Å². The molecule has 3 heterocycles. The second kappa shape index (κ2) is 8.02. The molecule has 0 aliphatic carbocycles. The largest absolute Gasteiger partial charge is 0.467 e. The number of methoxy groups -OCH3 is 1. The highest BCUT2D eigenvalue weighted by Crippen LogP contribution is 2.32. The maximum Gasteiger partial charge on any atom is 0.316 e. The van der Waals surface area contributed by atoms with Crippen LogP contribution in [0.3, 0.4) is 0 Å². The molecule has 3 rings (SSSR count). The van der Waals surface area contributed by atoms with Gasteiger partial charge in [0.1, 0.15) is 0 Å². The molecule has 1 unspecified atom stereocenters. The standard InChI is InChI=1S/C18H23N5O2/c1-25-18-20-10-13(11-21-18)12-23-9-3-6-16(23)15-5-2-4-14(22-15)7-8-17(19)24/h2,4-5,10-11,16H,3,6-9,12H2,1H3,(H2,19,24). The number of likely N-dealkylation sites (tertiary alicyclic amines) is 1. The normalized spacial score (nSPS) is 17.6. The number of primary amides is 1. The van der Waals surface area contributed by atoms with Crippen molar-refractivity contribution in [3.63, 3.8) is 0 Å². The highest BCUT2D eigenvalue weighted by Gasteiger charge is 2.27. The minimum atomic E-state index is -0.297. The van der Waals surface area contributed by atoms with E-state index >= 15 is 0 Å². The zero-order valence-corrected chi connectivity index (χ0v) is 14.4. The predicted molar refractivity (Wildman–Crippen MR) is 92.7 cm³/mol. The van der Waals surface area contributed by atoms with Crippen molar-refractivity contribution in [1.82, 2.24) is 19.9 Å². The molecular formula is C18H23N5O2. The third-order valence-corrected chi connectivity index (χ3v) is 4.41. The molecule has 1 atom stereocenters. The van der Waals surface area contributed by atoms with Crippen LogP contribution in [0.2, 0.25) is 0 Å². The first kappa shape index (κ1) is 17.3. The van der Waals surface area contributed by atoms with Gasteiger partial charge in [-0.3, -0.25) is 14.7 Å². The third kappa shape index (κ3) is 4.51. The Labute approximate surface area is 147 Å². The van der Waals surface area contributed by atoms with E-state index in [4.69, 9.17) is 15.5 Å². The van der Waals surface area contributed by atoms with Crippen molar-refractivity contribution in [3.05, 3.63) is 47.5 Å². The van der Waals surface area contributed by atoms with Crippen molar-refractivity contribution in [1.29, 1.82) is 0 Å². The number of pyridine rings is 1. The van der Waals surface area contributed by atoms with Crippen LogP contribution in [0.15, 0.2) is 30.6 Å². The first-order chi connectivity index (χ1) is 12.2. The fourth-order valence-electron chi connectivity index (χ4n) is 3.19. The summed E-state index contributed by atoms with van der Waals surface area (Å²) in [5.41, 5.74) is 8.25. The minimum absolute atomic E-state index is 0.274. The molecule has 1 saturated heterocycles. The number of nitrogens with two attached hydrogens (primary N) is 1. The van der Waals surface area contributed by atoms with E-state index in [9.17, 15) is 4.79 Å². The van der Waals surface area contributed by atoms with E-state index in [1.165, 1.54) is 0 Å². The molecule has 25 heavy (non-hydrogen) atoms. The summed E-state index contributed by atoms with van der Waals surface area (Å²) in [7, 11) is 1.56. The summed E-state index contributed by atoms with van der Waals surface area (Å²) in [4.78, 5) is 26.5. The molecule has 132 valence electrons. The molecule has 1 aliphatic heterocycles. The number of carbonyl (C=O) groups is 1. The Morgan fingerprint density at radius 1 is 1.36 bits per heavy atom. The number of rotatable bonds is 7. The van der Waals surface area contributed by atoms with Crippen LogP contribution in [-0.2, 0) is 17.8 Å². The van der Waals surface area contributed by atoms with E-state index in [0.717, 1.165) is 42.9 Å². The Morgan fingerprint density at radius 2 is 2.16 bits per heavy atom. The lowest BCUT2D eigenvalue weighted by molar-refractivity contribution is -0.118. The van der Waals surface area contributed by atoms with Crippen LogP contribution in [0.4, 0.5) is 0 Å². The highest BCUT2D eigenvalue weighted by atomic mass is 16.5. The fraction of sp³-hybridized carbons (Fsp3) is 0.444. The van der Waals surface area contributed by atoms with E-state index in [2.05, 4.69) is 20.9 Å². The Kier molecular flexibility index (Phi) is 5.55. The van der Waals surface area contributed by atoms with Gasteiger partial charge in [-0.05, 0) is 37.9 Å². The summed E-state index contributed by atoms with van der Waals surface area (Å²) in [5, 5.41) is 0. The topological polar surface area (TPSA) is 94.2 Å². The molecule has 2 N–H and O–H groups in total. The van der Waals surface area contributed by atoms with Gasteiger partial charge >= 0.3 is 6.01 Å². The Morgan fingerprint density at radius 3 is 2.88 bits per heavy atom. The lowest BCUT2D eigenvalue weighted by Gasteiger charge is -2.24. The molecule has 0 aromatic carbocycles. The second-order valence-electron chi connectivity index (χ2n) is 6.23. The molecule has 7 heteroatoms. The van der Waals surface area contributed by atoms with Gasteiger partial charge in [0.15, 0.2) is 0 Å². The maximum absolute atomic E-state index is 11.0. The number of hydrogen-bond donors (Lipinski definition) is 1. The number of nitrogens with zero attached hydrogens (tertiary/aromatic N) is 4. The summed E-state index contributed by atoms with van der Waals surface area (Å²) in [5.74, 6) is -0.297. The molecule has 0 spiro atoms.